The number of nitrogens with one attached hydrogen (secondary N) is 1. The fourth-order valence-electron chi connectivity index (χ4n) is 2.81. The third kappa shape index (κ3) is 3.61. The molecule has 2 rings (SSSR count). The summed E-state index contributed by atoms with van der Waals surface area (Å²) in [5.41, 5.74) is 2.06. The minimum Gasteiger partial charge on any atom is -0.303 e. The molecule has 0 saturated carbocycles. The largest absolute Gasteiger partial charge is 0.303 e. The first-order chi connectivity index (χ1) is 8.99. The van der Waals surface area contributed by atoms with E-state index in [-0.39, 0.29) is 28.5 Å². The van der Waals surface area contributed by atoms with Crippen molar-refractivity contribution < 1.29 is 8.42 Å². The van der Waals surface area contributed by atoms with Crippen LogP contribution in [0.15, 0.2) is 24.3 Å². The Kier molecular flexibility index (Phi) is 3.76. The Morgan fingerprint density at radius 3 is 2.15 bits per heavy atom. The lowest BCUT2D eigenvalue weighted by Gasteiger charge is -2.37. The molecule has 0 spiro atoms. The Balaban J connectivity index is 2.28. The number of hydrogen-bond acceptors (Lipinski definition) is 3. The first kappa shape index (κ1) is 15.5. The molecule has 0 bridgehead atoms. The smallest absolute Gasteiger partial charge is 0.153 e. The Bertz CT molecular complexity index is 580. The van der Waals surface area contributed by atoms with Crippen LogP contribution < -0.4 is 5.32 Å². The molecule has 1 unspecified atom stereocenters. The summed E-state index contributed by atoms with van der Waals surface area (Å²) in [4.78, 5) is 0. The molecule has 20 heavy (non-hydrogen) atoms. The molecule has 0 radical (unpaired) electrons. The number of hydrogen-bond donors (Lipinski definition) is 1. The van der Waals surface area contributed by atoms with Crippen molar-refractivity contribution >= 4 is 9.84 Å². The number of sulfone groups is 1. The van der Waals surface area contributed by atoms with Crippen LogP contribution in [0.2, 0.25) is 0 Å². The van der Waals surface area contributed by atoms with Crippen LogP contribution in [-0.2, 0) is 15.3 Å². The minimum atomic E-state index is -2.99. The fourth-order valence-corrected chi connectivity index (χ4v) is 4.90. The van der Waals surface area contributed by atoms with Gasteiger partial charge >= 0.3 is 0 Å². The predicted octanol–water partition coefficient (Wildman–Crippen LogP) is 2.82. The zero-order valence-electron chi connectivity index (χ0n) is 13.0. The molecular weight excluding hydrogens is 270 g/mol. The normalized spacial score (nSPS) is 25.4. The molecule has 1 atom stereocenters. The molecule has 0 aromatic heterocycles. The van der Waals surface area contributed by atoms with Gasteiger partial charge in [0, 0.05) is 11.6 Å². The molecule has 1 aliphatic rings. The van der Waals surface area contributed by atoms with Crippen LogP contribution in [0.3, 0.4) is 0 Å². The summed E-state index contributed by atoms with van der Waals surface area (Å²) in [6.45, 7) is 10.4. The van der Waals surface area contributed by atoms with E-state index in [0.717, 1.165) is 5.56 Å². The van der Waals surface area contributed by atoms with Crippen molar-refractivity contribution in [3.63, 3.8) is 0 Å². The van der Waals surface area contributed by atoms with Gasteiger partial charge in [-0.25, -0.2) is 8.42 Å². The van der Waals surface area contributed by atoms with E-state index in [4.69, 9.17) is 0 Å². The molecule has 1 fully saturated rings. The van der Waals surface area contributed by atoms with Crippen molar-refractivity contribution in [2.45, 2.75) is 51.6 Å². The van der Waals surface area contributed by atoms with Crippen molar-refractivity contribution in [2.75, 3.05) is 11.5 Å². The molecule has 4 heteroatoms. The van der Waals surface area contributed by atoms with Crippen molar-refractivity contribution in [1.29, 1.82) is 0 Å². The van der Waals surface area contributed by atoms with E-state index in [1.165, 1.54) is 5.56 Å². The summed E-state index contributed by atoms with van der Waals surface area (Å²) < 4.78 is 24.1. The van der Waals surface area contributed by atoms with Crippen molar-refractivity contribution in [2.24, 2.45) is 0 Å². The number of benzene rings is 1. The molecule has 1 saturated heterocycles. The summed E-state index contributed by atoms with van der Waals surface area (Å²) in [7, 11) is -2.99. The van der Waals surface area contributed by atoms with Gasteiger partial charge in [0.2, 0.25) is 0 Å². The van der Waals surface area contributed by atoms with Crippen LogP contribution in [0.25, 0.3) is 0 Å². The lowest BCUT2D eigenvalue weighted by molar-refractivity contribution is 0.359. The van der Waals surface area contributed by atoms with Gasteiger partial charge in [-0.15, -0.1) is 0 Å². The Hall–Kier alpha value is -0.870. The maximum absolute atomic E-state index is 12.0. The zero-order chi connectivity index (χ0) is 15.2. The lowest BCUT2D eigenvalue weighted by atomic mass is 9.86. The average molecular weight is 295 g/mol. The molecular formula is C16H25NO2S. The van der Waals surface area contributed by atoms with E-state index in [2.05, 4.69) is 50.4 Å². The zero-order valence-corrected chi connectivity index (χ0v) is 13.8. The van der Waals surface area contributed by atoms with E-state index >= 15 is 0 Å². The van der Waals surface area contributed by atoms with Gasteiger partial charge in [0.15, 0.2) is 9.84 Å². The van der Waals surface area contributed by atoms with Gasteiger partial charge in [0.05, 0.1) is 11.5 Å². The van der Waals surface area contributed by atoms with Gasteiger partial charge in [-0.3, -0.25) is 0 Å². The topological polar surface area (TPSA) is 46.2 Å². The molecule has 1 N–H and O–H groups in total. The highest BCUT2D eigenvalue weighted by atomic mass is 32.2. The van der Waals surface area contributed by atoms with Crippen molar-refractivity contribution in [1.82, 2.24) is 5.32 Å². The highest BCUT2D eigenvalue weighted by Gasteiger charge is 2.36. The van der Waals surface area contributed by atoms with Crippen LogP contribution >= 0.6 is 0 Å². The maximum Gasteiger partial charge on any atom is 0.153 e. The van der Waals surface area contributed by atoms with Crippen LogP contribution in [-0.4, -0.2) is 25.5 Å². The SMILES string of the molecule is CC1(C)CS(=O)(=O)CC(c2ccc(C(C)(C)C)cc2)N1. The van der Waals surface area contributed by atoms with Crippen LogP contribution in [0.5, 0.6) is 0 Å². The second kappa shape index (κ2) is 4.85. The summed E-state index contributed by atoms with van der Waals surface area (Å²) in [6.07, 6.45) is 0. The molecule has 1 aromatic rings. The van der Waals surface area contributed by atoms with Gasteiger partial charge in [0.1, 0.15) is 0 Å². The quantitative estimate of drug-likeness (QED) is 0.866. The van der Waals surface area contributed by atoms with Crippen molar-refractivity contribution in [3.05, 3.63) is 35.4 Å². The second-order valence-corrected chi connectivity index (χ2v) is 9.62. The second-order valence-electron chi connectivity index (χ2n) is 7.51. The number of rotatable bonds is 1. The summed E-state index contributed by atoms with van der Waals surface area (Å²) >= 11 is 0. The lowest BCUT2D eigenvalue weighted by Crippen LogP contribution is -2.54. The molecule has 0 aliphatic carbocycles. The first-order valence-electron chi connectivity index (χ1n) is 7.07. The highest BCUT2D eigenvalue weighted by molar-refractivity contribution is 7.91. The maximum atomic E-state index is 12.0. The van der Waals surface area contributed by atoms with Gasteiger partial charge in [-0.05, 0) is 30.4 Å². The molecule has 3 nitrogen and oxygen atoms in total. The van der Waals surface area contributed by atoms with Crippen LogP contribution in [0.1, 0.15) is 51.8 Å². The standard InChI is InChI=1S/C16H25NO2S/c1-15(2,3)13-8-6-12(7-9-13)14-10-20(18,19)11-16(4,5)17-14/h6-9,14,17H,10-11H2,1-5H3. The molecule has 1 heterocycles. The molecule has 1 aromatic carbocycles. The van der Waals surface area contributed by atoms with Crippen LogP contribution in [0.4, 0.5) is 0 Å². The van der Waals surface area contributed by atoms with E-state index in [9.17, 15) is 8.42 Å². The van der Waals surface area contributed by atoms with E-state index in [1.807, 2.05) is 13.8 Å². The highest BCUT2D eigenvalue weighted by Crippen LogP contribution is 2.28. The van der Waals surface area contributed by atoms with Gasteiger partial charge in [0.25, 0.3) is 0 Å². The summed E-state index contributed by atoms with van der Waals surface area (Å²) in [6, 6.07) is 8.19. The van der Waals surface area contributed by atoms with Gasteiger partial charge in [-0.1, -0.05) is 45.0 Å². The van der Waals surface area contributed by atoms with Gasteiger partial charge in [-0.2, -0.15) is 0 Å². The molecule has 0 amide bonds. The fraction of sp³-hybridized carbons (Fsp3) is 0.625. The van der Waals surface area contributed by atoms with E-state index in [1.54, 1.807) is 0 Å². The monoisotopic (exact) mass is 295 g/mol. The Morgan fingerprint density at radius 1 is 1.15 bits per heavy atom. The summed E-state index contributed by atoms with van der Waals surface area (Å²) in [5, 5.41) is 3.44. The third-order valence-electron chi connectivity index (χ3n) is 3.75. The molecule has 1 aliphatic heterocycles. The summed E-state index contributed by atoms with van der Waals surface area (Å²) in [5.74, 6) is 0.391. The van der Waals surface area contributed by atoms with E-state index in [0.29, 0.717) is 0 Å². The minimum absolute atomic E-state index is 0.113. The van der Waals surface area contributed by atoms with Crippen molar-refractivity contribution in [3.8, 4) is 0 Å². The van der Waals surface area contributed by atoms with Gasteiger partial charge < -0.3 is 5.32 Å². The third-order valence-corrected chi connectivity index (χ3v) is 5.75. The predicted molar refractivity (Wildman–Crippen MR) is 83.8 cm³/mol. The Labute approximate surface area is 122 Å². The molecule has 112 valence electrons. The Morgan fingerprint density at radius 2 is 1.70 bits per heavy atom. The first-order valence-corrected chi connectivity index (χ1v) is 8.89. The average Bonchev–Trinajstić information content (AvgIpc) is 2.24. The van der Waals surface area contributed by atoms with Crippen LogP contribution in [0, 0.1) is 0 Å². The van der Waals surface area contributed by atoms with E-state index < -0.39 is 9.84 Å².